The minimum Gasteiger partial charge on any atom is -0.247 e. The lowest BCUT2D eigenvalue weighted by molar-refractivity contribution is -0.727. The van der Waals surface area contributed by atoms with Gasteiger partial charge in [0.2, 0.25) is 0 Å². The van der Waals surface area contributed by atoms with Crippen LogP contribution in [0.4, 0.5) is 0 Å². The molecular formula is C37H73N2+. The van der Waals surface area contributed by atoms with Crippen LogP contribution in [0.1, 0.15) is 225 Å². The first kappa shape index (κ1) is 36.2. The van der Waals surface area contributed by atoms with Crippen LogP contribution in [0.2, 0.25) is 0 Å². The van der Waals surface area contributed by atoms with Gasteiger partial charge in [-0.2, -0.15) is 0 Å². The molecule has 0 aliphatic carbocycles. The van der Waals surface area contributed by atoms with Gasteiger partial charge in [0.15, 0.2) is 0 Å². The predicted octanol–water partition coefficient (Wildman–Crippen LogP) is 12.9. The molecule has 0 aromatic carbocycles. The van der Waals surface area contributed by atoms with Crippen molar-refractivity contribution < 1.29 is 4.57 Å². The maximum absolute atomic E-state index is 3.60. The molecule has 0 amide bonds. The molecule has 1 aromatic heterocycles. The highest BCUT2D eigenvalue weighted by Crippen LogP contribution is 2.21. The lowest BCUT2D eigenvalue weighted by Crippen LogP contribution is -2.40. The van der Waals surface area contributed by atoms with Gasteiger partial charge in [0.1, 0.15) is 12.4 Å². The van der Waals surface area contributed by atoms with Crippen LogP contribution in [-0.2, 0) is 0 Å². The van der Waals surface area contributed by atoms with Crippen molar-refractivity contribution in [2.24, 2.45) is 0 Å². The lowest BCUT2D eigenvalue weighted by atomic mass is 9.99. The average molecular weight is 546 g/mol. The fraction of sp³-hybridized carbons (Fsp3) is 0.919. The number of hydrogen-bond donors (Lipinski definition) is 1. The van der Waals surface area contributed by atoms with Crippen molar-refractivity contribution in [2.75, 3.05) is 0 Å². The van der Waals surface area contributed by atoms with E-state index in [9.17, 15) is 0 Å². The first-order valence-electron chi connectivity index (χ1n) is 18.3. The van der Waals surface area contributed by atoms with E-state index in [2.05, 4.69) is 49.6 Å². The van der Waals surface area contributed by atoms with Gasteiger partial charge in [-0.05, 0) is 26.2 Å². The number of aromatic nitrogens is 2. The summed E-state index contributed by atoms with van der Waals surface area (Å²) in [6.07, 6.45) is 44.5. The van der Waals surface area contributed by atoms with Crippen molar-refractivity contribution in [1.29, 1.82) is 0 Å². The molecule has 2 nitrogen and oxygen atoms in total. The largest absolute Gasteiger partial charge is 0.257 e. The molecule has 0 bridgehead atoms. The van der Waals surface area contributed by atoms with E-state index in [1.165, 1.54) is 186 Å². The summed E-state index contributed by atoms with van der Waals surface area (Å²) in [5.74, 6) is 2.10. The standard InChI is InChI=1S/C37H72N2/c1-5-7-9-11-13-15-17-19-20-21-23-25-27-29-31-35(3)37-38-33-34-39(37)36(4)32-30-28-26-24-22-18-16-14-12-10-8-6-2/h33-36H,5-32H2,1-4H3/p+1. The minimum absolute atomic E-state index is 0.619. The van der Waals surface area contributed by atoms with E-state index in [1.807, 2.05) is 0 Å². The fourth-order valence-corrected chi connectivity index (χ4v) is 6.34. The molecule has 2 heteroatoms. The van der Waals surface area contributed by atoms with E-state index in [0.717, 1.165) is 0 Å². The molecule has 1 rings (SSSR count). The molecule has 0 spiro atoms. The number of H-pyrrole nitrogens is 1. The van der Waals surface area contributed by atoms with Gasteiger partial charge in [0.05, 0.1) is 12.0 Å². The van der Waals surface area contributed by atoms with E-state index < -0.39 is 0 Å². The van der Waals surface area contributed by atoms with Gasteiger partial charge in [-0.15, -0.1) is 0 Å². The molecule has 39 heavy (non-hydrogen) atoms. The smallest absolute Gasteiger partial charge is 0.247 e. The van der Waals surface area contributed by atoms with Crippen molar-refractivity contribution in [3.63, 3.8) is 0 Å². The van der Waals surface area contributed by atoms with Crippen LogP contribution in [0.3, 0.4) is 0 Å². The number of unbranched alkanes of at least 4 members (excludes halogenated alkanes) is 24. The van der Waals surface area contributed by atoms with Crippen LogP contribution in [-0.4, -0.2) is 4.98 Å². The molecule has 2 unspecified atom stereocenters. The number of nitrogens with zero attached hydrogens (tertiary/aromatic N) is 1. The van der Waals surface area contributed by atoms with Crippen LogP contribution in [0, 0.1) is 0 Å². The van der Waals surface area contributed by atoms with Crippen LogP contribution in [0.5, 0.6) is 0 Å². The topological polar surface area (TPSA) is 19.7 Å². The molecule has 1 aromatic rings. The SMILES string of the molecule is CCCCCCCCCCCCCCCCC(C)c1[nH]cc[n+]1C(C)CCCCCCCCCCCCCC. The number of nitrogens with one attached hydrogen (secondary N) is 1. The highest BCUT2D eigenvalue weighted by molar-refractivity contribution is 4.87. The van der Waals surface area contributed by atoms with Gasteiger partial charge in [0, 0.05) is 0 Å². The fourth-order valence-electron chi connectivity index (χ4n) is 6.34. The maximum atomic E-state index is 3.60. The second kappa shape index (κ2) is 27.4. The Bertz CT molecular complexity index is 606. The van der Waals surface area contributed by atoms with E-state index in [0.29, 0.717) is 12.0 Å². The zero-order valence-electron chi connectivity index (χ0n) is 27.6. The molecule has 1 N–H and O–H groups in total. The van der Waals surface area contributed by atoms with E-state index >= 15 is 0 Å². The van der Waals surface area contributed by atoms with E-state index in [4.69, 9.17) is 0 Å². The summed E-state index contributed by atoms with van der Waals surface area (Å²) >= 11 is 0. The van der Waals surface area contributed by atoms with Crippen LogP contribution in [0.25, 0.3) is 0 Å². The molecule has 0 saturated heterocycles. The molecule has 0 fully saturated rings. The van der Waals surface area contributed by atoms with Crippen LogP contribution < -0.4 is 4.57 Å². The highest BCUT2D eigenvalue weighted by Gasteiger charge is 2.22. The second-order valence-electron chi connectivity index (χ2n) is 13.1. The van der Waals surface area contributed by atoms with Crippen molar-refractivity contribution in [2.45, 2.75) is 219 Å². The molecule has 0 aliphatic rings. The molecule has 230 valence electrons. The summed E-state index contributed by atoms with van der Waals surface area (Å²) in [5, 5.41) is 0. The minimum atomic E-state index is 0.619. The van der Waals surface area contributed by atoms with Crippen molar-refractivity contribution in [1.82, 2.24) is 4.98 Å². The maximum Gasteiger partial charge on any atom is 0.257 e. The first-order valence-corrected chi connectivity index (χ1v) is 18.3. The third kappa shape index (κ3) is 20.7. The summed E-state index contributed by atoms with van der Waals surface area (Å²) in [6, 6.07) is 0.619. The first-order chi connectivity index (χ1) is 19.2. The zero-order chi connectivity index (χ0) is 28.2. The number of imidazole rings is 1. The Labute approximate surface area is 246 Å². The second-order valence-corrected chi connectivity index (χ2v) is 13.1. The Morgan fingerprint density at radius 1 is 0.487 bits per heavy atom. The van der Waals surface area contributed by atoms with Gasteiger partial charge in [0.25, 0.3) is 5.82 Å². The average Bonchev–Trinajstić information content (AvgIpc) is 3.44. The van der Waals surface area contributed by atoms with E-state index in [-0.39, 0.29) is 0 Å². The monoisotopic (exact) mass is 546 g/mol. The van der Waals surface area contributed by atoms with Crippen LogP contribution in [0.15, 0.2) is 12.4 Å². The Morgan fingerprint density at radius 3 is 1.21 bits per heavy atom. The highest BCUT2D eigenvalue weighted by atomic mass is 15.1. The molecular weight excluding hydrogens is 472 g/mol. The number of rotatable bonds is 30. The third-order valence-corrected chi connectivity index (χ3v) is 9.15. The molecule has 0 saturated carbocycles. The summed E-state index contributed by atoms with van der Waals surface area (Å²) in [5.41, 5.74) is 0. The van der Waals surface area contributed by atoms with Crippen LogP contribution >= 0.6 is 0 Å². The number of aromatic amines is 1. The van der Waals surface area contributed by atoms with Crippen molar-refractivity contribution in [3.05, 3.63) is 18.2 Å². The summed E-state index contributed by atoms with van der Waals surface area (Å²) in [7, 11) is 0. The van der Waals surface area contributed by atoms with Crippen molar-refractivity contribution in [3.8, 4) is 0 Å². The van der Waals surface area contributed by atoms with Gasteiger partial charge in [-0.1, -0.05) is 181 Å². The van der Waals surface area contributed by atoms with Crippen molar-refractivity contribution >= 4 is 0 Å². The molecule has 0 radical (unpaired) electrons. The molecule has 2 atom stereocenters. The quantitative estimate of drug-likeness (QED) is 0.0732. The summed E-state index contributed by atoms with van der Waals surface area (Å²) in [4.78, 5) is 3.60. The Morgan fingerprint density at radius 2 is 0.821 bits per heavy atom. The Balaban J connectivity index is 2.00. The molecule has 0 aliphatic heterocycles. The summed E-state index contributed by atoms with van der Waals surface area (Å²) in [6.45, 7) is 9.47. The Kier molecular flexibility index (Phi) is 25.4. The van der Waals surface area contributed by atoms with Gasteiger partial charge >= 0.3 is 0 Å². The Hall–Kier alpha value is -0.790. The van der Waals surface area contributed by atoms with Gasteiger partial charge < -0.3 is 0 Å². The normalized spacial score (nSPS) is 13.2. The van der Waals surface area contributed by atoms with E-state index in [1.54, 1.807) is 0 Å². The van der Waals surface area contributed by atoms with Gasteiger partial charge in [-0.25, -0.2) is 9.55 Å². The third-order valence-electron chi connectivity index (χ3n) is 9.15. The predicted molar refractivity (Wildman–Crippen MR) is 175 cm³/mol. The molecule has 1 heterocycles. The van der Waals surface area contributed by atoms with Gasteiger partial charge in [-0.3, -0.25) is 0 Å². The summed E-state index contributed by atoms with van der Waals surface area (Å²) < 4.78 is 2.55. The lowest BCUT2D eigenvalue weighted by Gasteiger charge is -2.14. The zero-order valence-corrected chi connectivity index (χ0v) is 27.6. The number of hydrogen-bond acceptors (Lipinski definition) is 0.